The molecule has 31 heavy (non-hydrogen) atoms. The molecule has 6 nitrogen and oxygen atoms in total. The van der Waals surface area contributed by atoms with Gasteiger partial charge < -0.3 is 0 Å². The van der Waals surface area contributed by atoms with Crippen LogP contribution in [0.4, 0.5) is 0 Å². The predicted molar refractivity (Wildman–Crippen MR) is 143 cm³/mol. The summed E-state index contributed by atoms with van der Waals surface area (Å²) in [7, 11) is -0.587. The van der Waals surface area contributed by atoms with E-state index in [2.05, 4.69) is 27.8 Å². The standard InChI is InChI=1S/2C9H22O3SSi.2CH3.Sn/c2*1-4-10-14(11-5-2,12-6-3)9-7-8-13;;;/h2*13H,4-9H2,1-3H3;2*1H3;/q;;;;+2/p-2. The van der Waals surface area contributed by atoms with E-state index in [1.54, 1.807) is 0 Å². The van der Waals surface area contributed by atoms with Gasteiger partial charge in [0.05, 0.1) is 0 Å². The van der Waals surface area contributed by atoms with Crippen LogP contribution in [-0.4, -0.2) is 84.4 Å². The molecule has 0 rings (SSSR count). The van der Waals surface area contributed by atoms with E-state index in [0.717, 1.165) is 36.4 Å². The van der Waals surface area contributed by atoms with Crippen molar-refractivity contribution in [3.05, 3.63) is 0 Å². The van der Waals surface area contributed by atoms with Crippen molar-refractivity contribution in [1.82, 2.24) is 0 Å². The summed E-state index contributed by atoms with van der Waals surface area (Å²) < 4.78 is 35.9. The molecule has 0 N–H and O–H groups in total. The SMILES string of the molecule is CCO[Si](CCC[S][Sn]([CH3])([CH3])[S]CCC[Si](OCC)(OCC)OCC)(OCC)OCC. The van der Waals surface area contributed by atoms with Gasteiger partial charge in [0, 0.05) is 0 Å². The van der Waals surface area contributed by atoms with E-state index in [-0.39, 0.29) is 0 Å². The van der Waals surface area contributed by atoms with E-state index in [0.29, 0.717) is 39.6 Å². The molecule has 0 spiro atoms. The van der Waals surface area contributed by atoms with E-state index in [9.17, 15) is 0 Å². The van der Waals surface area contributed by atoms with Crippen LogP contribution in [0.25, 0.3) is 0 Å². The molecule has 0 aliphatic rings. The van der Waals surface area contributed by atoms with Crippen LogP contribution in [0.1, 0.15) is 54.4 Å². The minimum absolute atomic E-state index is 0.649. The average molecular weight is 624 g/mol. The Bertz CT molecular complexity index is 368. The van der Waals surface area contributed by atoms with Crippen LogP contribution >= 0.6 is 17.9 Å². The van der Waals surface area contributed by atoms with Crippen LogP contribution in [0.2, 0.25) is 22.0 Å². The van der Waals surface area contributed by atoms with Crippen molar-refractivity contribution in [2.75, 3.05) is 51.1 Å². The molecular weight excluding hydrogens is 575 g/mol. The Kier molecular flexibility index (Phi) is 20.0. The monoisotopic (exact) mass is 624 g/mol. The van der Waals surface area contributed by atoms with Crippen molar-refractivity contribution in [3.63, 3.8) is 0 Å². The van der Waals surface area contributed by atoms with Gasteiger partial charge in [-0.25, -0.2) is 0 Å². The molecular formula is C20H48O6S2Si2Sn. The van der Waals surface area contributed by atoms with E-state index >= 15 is 0 Å². The van der Waals surface area contributed by atoms with Crippen LogP contribution in [0.3, 0.4) is 0 Å². The maximum atomic E-state index is 5.98. The van der Waals surface area contributed by atoms with E-state index in [4.69, 9.17) is 26.6 Å². The second kappa shape index (κ2) is 18.9. The maximum absolute atomic E-state index is 5.98. The van der Waals surface area contributed by atoms with Crippen molar-refractivity contribution in [2.24, 2.45) is 0 Å². The first-order valence-corrected chi connectivity index (χ1v) is 30.4. The van der Waals surface area contributed by atoms with Gasteiger partial charge in [-0.1, -0.05) is 0 Å². The molecule has 0 saturated carbocycles. The summed E-state index contributed by atoms with van der Waals surface area (Å²) in [6.45, 7) is 16.0. The van der Waals surface area contributed by atoms with Gasteiger partial charge in [0.25, 0.3) is 0 Å². The van der Waals surface area contributed by atoms with Gasteiger partial charge in [-0.2, -0.15) is 0 Å². The molecule has 0 aromatic rings. The van der Waals surface area contributed by atoms with Gasteiger partial charge in [-0.15, -0.1) is 0 Å². The predicted octanol–water partition coefficient (Wildman–Crippen LogP) is 6.03. The van der Waals surface area contributed by atoms with E-state index < -0.39 is 33.2 Å². The summed E-state index contributed by atoms with van der Waals surface area (Å²) >= 11 is -2.18. The molecule has 0 radical (unpaired) electrons. The molecule has 0 aliphatic heterocycles. The van der Waals surface area contributed by atoms with Crippen molar-refractivity contribution < 1.29 is 26.6 Å². The quantitative estimate of drug-likeness (QED) is 0.107. The summed E-state index contributed by atoms with van der Waals surface area (Å²) in [5.74, 6) is 2.32. The molecule has 0 unspecified atom stereocenters. The Hall–Kier alpha value is 1.69. The second-order valence-corrected chi connectivity index (χ2v) is 42.5. The van der Waals surface area contributed by atoms with Crippen LogP contribution < -0.4 is 0 Å². The van der Waals surface area contributed by atoms with Crippen LogP contribution in [0.5, 0.6) is 0 Å². The summed E-state index contributed by atoms with van der Waals surface area (Å²) in [5, 5.41) is 0. The van der Waals surface area contributed by atoms with Crippen LogP contribution in [0, 0.1) is 0 Å². The zero-order valence-electron chi connectivity index (χ0n) is 21.3. The normalized spacial score (nSPS) is 13.2. The first kappa shape index (κ1) is 32.7. The zero-order valence-corrected chi connectivity index (χ0v) is 27.7. The summed E-state index contributed by atoms with van der Waals surface area (Å²) in [4.78, 5) is 5.03. The van der Waals surface area contributed by atoms with Gasteiger partial charge in [0.15, 0.2) is 0 Å². The molecule has 0 amide bonds. The third-order valence-corrected chi connectivity index (χ3v) is 33.2. The molecule has 0 atom stereocenters. The fraction of sp³-hybridized carbons (Fsp3) is 1.00. The first-order valence-electron chi connectivity index (χ1n) is 11.9. The topological polar surface area (TPSA) is 55.4 Å². The fourth-order valence-electron chi connectivity index (χ4n) is 3.26. The van der Waals surface area contributed by atoms with Gasteiger partial charge in [0.1, 0.15) is 0 Å². The van der Waals surface area contributed by atoms with Gasteiger partial charge in [-0.05, 0) is 0 Å². The molecule has 11 heteroatoms. The van der Waals surface area contributed by atoms with Crippen molar-refractivity contribution in [1.29, 1.82) is 0 Å². The molecule has 0 aromatic carbocycles. The molecule has 0 saturated heterocycles. The summed E-state index contributed by atoms with van der Waals surface area (Å²) in [6.07, 6.45) is 2.18. The van der Waals surface area contributed by atoms with E-state index in [1.807, 2.05) is 41.5 Å². The third-order valence-electron chi connectivity index (χ3n) is 4.34. The van der Waals surface area contributed by atoms with Gasteiger partial charge >= 0.3 is 205 Å². The van der Waals surface area contributed by atoms with Crippen molar-refractivity contribution >= 4 is 51.1 Å². The Labute approximate surface area is 204 Å². The van der Waals surface area contributed by atoms with Crippen LogP contribution in [-0.2, 0) is 26.6 Å². The molecule has 0 aromatic heterocycles. The van der Waals surface area contributed by atoms with Crippen molar-refractivity contribution in [2.45, 2.75) is 76.4 Å². The Morgan fingerprint density at radius 3 is 1.00 bits per heavy atom. The fourth-order valence-corrected chi connectivity index (χ4v) is 27.3. The zero-order chi connectivity index (χ0) is 23.6. The summed E-state index contributed by atoms with van der Waals surface area (Å²) in [6, 6.07) is 1.82. The number of hydrogen-bond donors (Lipinski definition) is 0. The van der Waals surface area contributed by atoms with Crippen molar-refractivity contribution in [3.8, 4) is 0 Å². The molecule has 0 fully saturated rings. The molecule has 0 bridgehead atoms. The van der Waals surface area contributed by atoms with E-state index in [1.165, 1.54) is 0 Å². The average Bonchev–Trinajstić information content (AvgIpc) is 2.70. The van der Waals surface area contributed by atoms with Crippen LogP contribution in [0.15, 0.2) is 0 Å². The Morgan fingerprint density at radius 1 is 0.516 bits per heavy atom. The molecule has 0 heterocycles. The second-order valence-electron chi connectivity index (χ2n) is 7.27. The minimum atomic E-state index is -2.50. The third kappa shape index (κ3) is 14.6. The summed E-state index contributed by atoms with van der Waals surface area (Å²) in [5.41, 5.74) is 0. The Balaban J connectivity index is 4.46. The van der Waals surface area contributed by atoms with Gasteiger partial charge in [-0.3, -0.25) is 0 Å². The Morgan fingerprint density at radius 2 is 0.774 bits per heavy atom. The van der Waals surface area contributed by atoms with Gasteiger partial charge in [0.2, 0.25) is 0 Å². The molecule has 188 valence electrons. The number of rotatable bonds is 22. The first-order chi connectivity index (χ1) is 14.8. The molecule has 0 aliphatic carbocycles. The number of hydrogen-bond acceptors (Lipinski definition) is 8.